The average Bonchev–Trinajstić information content (AvgIpc) is 3.06. The maximum atomic E-state index is 5.97. The second-order valence-corrected chi connectivity index (χ2v) is 6.60. The number of hydrogen-bond donors (Lipinski definition) is 0. The van der Waals surface area contributed by atoms with E-state index in [-0.39, 0.29) is 0 Å². The van der Waals surface area contributed by atoms with E-state index in [2.05, 4.69) is 48.1 Å². The topological polar surface area (TPSA) is 17.8 Å². The third kappa shape index (κ3) is 2.72. The molecule has 0 saturated carbocycles. The van der Waals surface area contributed by atoms with Crippen LogP contribution in [0.4, 0.5) is 0 Å². The predicted octanol–water partition coefficient (Wildman–Crippen LogP) is 4.80. The largest absolute Gasteiger partial charge is 0.322 e. The molecular weight excluding hydrogens is 300 g/mol. The van der Waals surface area contributed by atoms with Crippen molar-refractivity contribution in [2.75, 3.05) is 5.88 Å². The number of rotatable bonds is 5. The van der Waals surface area contributed by atoms with Crippen LogP contribution in [0, 0.1) is 6.92 Å². The zero-order chi connectivity index (χ0) is 14.8. The minimum atomic E-state index is 0.605. The van der Waals surface area contributed by atoms with Crippen molar-refractivity contribution in [3.63, 3.8) is 0 Å². The summed E-state index contributed by atoms with van der Waals surface area (Å²) in [6.07, 6.45) is 1.89. The highest BCUT2D eigenvalue weighted by Crippen LogP contribution is 2.25. The van der Waals surface area contributed by atoms with Crippen molar-refractivity contribution in [1.29, 1.82) is 0 Å². The summed E-state index contributed by atoms with van der Waals surface area (Å²) in [5.41, 5.74) is 5.03. The van der Waals surface area contributed by atoms with Gasteiger partial charge in [0, 0.05) is 17.2 Å². The van der Waals surface area contributed by atoms with E-state index in [4.69, 9.17) is 16.6 Å². The van der Waals surface area contributed by atoms with E-state index in [0.717, 1.165) is 30.7 Å². The number of hydrogen-bond acceptors (Lipinski definition) is 2. The molecule has 0 bridgehead atoms. The molecular formula is C17H19ClN2S. The minimum absolute atomic E-state index is 0.605. The van der Waals surface area contributed by atoms with Crippen molar-refractivity contribution in [2.24, 2.45) is 0 Å². The standard InChI is InChI=1S/C17H19ClN2S/c1-3-13-8-10-21-15(13)11-20-16(7-9-18)19-14-6-4-5-12(2)17(14)20/h4-6,8,10H,3,7,9,11H2,1-2H3. The van der Waals surface area contributed by atoms with Gasteiger partial charge in [0.2, 0.25) is 0 Å². The molecule has 0 fully saturated rings. The zero-order valence-corrected chi connectivity index (χ0v) is 14.0. The Morgan fingerprint density at radius 2 is 2.14 bits per heavy atom. The van der Waals surface area contributed by atoms with Crippen LogP contribution in [0.5, 0.6) is 0 Å². The van der Waals surface area contributed by atoms with E-state index in [1.165, 1.54) is 21.5 Å². The molecule has 110 valence electrons. The fourth-order valence-electron chi connectivity index (χ4n) is 2.82. The Labute approximate surface area is 134 Å². The van der Waals surface area contributed by atoms with Gasteiger partial charge in [-0.3, -0.25) is 0 Å². The number of fused-ring (bicyclic) bond motifs is 1. The molecule has 1 aromatic carbocycles. The fourth-order valence-corrected chi connectivity index (χ4v) is 3.96. The molecule has 2 nitrogen and oxygen atoms in total. The van der Waals surface area contributed by atoms with Crippen molar-refractivity contribution in [2.45, 2.75) is 33.2 Å². The van der Waals surface area contributed by atoms with Crippen molar-refractivity contribution in [1.82, 2.24) is 9.55 Å². The molecule has 0 spiro atoms. The molecule has 0 saturated heterocycles. The van der Waals surface area contributed by atoms with Crippen LogP contribution >= 0.6 is 22.9 Å². The summed E-state index contributed by atoms with van der Waals surface area (Å²) in [5, 5.41) is 2.18. The molecule has 2 heterocycles. The van der Waals surface area contributed by atoms with Gasteiger partial charge < -0.3 is 4.57 Å². The fraction of sp³-hybridized carbons (Fsp3) is 0.353. The third-order valence-electron chi connectivity index (χ3n) is 3.89. The highest BCUT2D eigenvalue weighted by atomic mass is 35.5. The summed E-state index contributed by atoms with van der Waals surface area (Å²) in [4.78, 5) is 6.21. The second-order valence-electron chi connectivity index (χ2n) is 5.22. The van der Waals surface area contributed by atoms with Gasteiger partial charge in [-0.05, 0) is 42.0 Å². The molecule has 0 aliphatic heterocycles. The molecule has 21 heavy (non-hydrogen) atoms. The van der Waals surface area contributed by atoms with E-state index in [1.807, 2.05) is 11.3 Å². The van der Waals surface area contributed by atoms with Crippen LogP contribution in [-0.2, 0) is 19.4 Å². The molecule has 0 atom stereocenters. The quantitative estimate of drug-likeness (QED) is 0.618. The molecule has 0 unspecified atom stereocenters. The zero-order valence-electron chi connectivity index (χ0n) is 12.4. The van der Waals surface area contributed by atoms with E-state index in [1.54, 1.807) is 0 Å². The summed E-state index contributed by atoms with van der Waals surface area (Å²) in [6, 6.07) is 8.54. The first-order valence-electron chi connectivity index (χ1n) is 7.30. The Bertz CT molecular complexity index is 757. The highest BCUT2D eigenvalue weighted by Gasteiger charge is 2.14. The lowest BCUT2D eigenvalue weighted by Gasteiger charge is -2.10. The average molecular weight is 319 g/mol. The van der Waals surface area contributed by atoms with Crippen molar-refractivity contribution in [3.8, 4) is 0 Å². The molecule has 0 aliphatic rings. The number of aryl methyl sites for hydroxylation is 3. The van der Waals surface area contributed by atoms with Gasteiger partial charge in [-0.2, -0.15) is 0 Å². The van der Waals surface area contributed by atoms with Gasteiger partial charge in [0.1, 0.15) is 5.82 Å². The van der Waals surface area contributed by atoms with Crippen LogP contribution in [0.3, 0.4) is 0 Å². The lowest BCUT2D eigenvalue weighted by Crippen LogP contribution is -2.06. The maximum Gasteiger partial charge on any atom is 0.111 e. The smallest absolute Gasteiger partial charge is 0.111 e. The molecule has 3 rings (SSSR count). The number of aromatic nitrogens is 2. The number of benzene rings is 1. The number of imidazole rings is 1. The second kappa shape index (κ2) is 6.20. The molecule has 2 aromatic heterocycles. The lowest BCUT2D eigenvalue weighted by molar-refractivity contribution is 0.756. The van der Waals surface area contributed by atoms with Gasteiger partial charge in [-0.1, -0.05) is 19.1 Å². The van der Waals surface area contributed by atoms with E-state index in [9.17, 15) is 0 Å². The Morgan fingerprint density at radius 3 is 2.90 bits per heavy atom. The Balaban J connectivity index is 2.13. The first-order valence-corrected chi connectivity index (χ1v) is 8.72. The first kappa shape index (κ1) is 14.6. The third-order valence-corrected chi connectivity index (χ3v) is 5.02. The number of halogens is 1. The predicted molar refractivity (Wildman–Crippen MR) is 91.7 cm³/mol. The van der Waals surface area contributed by atoms with E-state index >= 15 is 0 Å². The van der Waals surface area contributed by atoms with Gasteiger partial charge >= 0.3 is 0 Å². The van der Waals surface area contributed by atoms with Gasteiger partial charge in [0.05, 0.1) is 17.6 Å². The molecule has 0 radical (unpaired) electrons. The summed E-state index contributed by atoms with van der Waals surface area (Å²) >= 11 is 7.80. The van der Waals surface area contributed by atoms with Crippen LogP contribution < -0.4 is 0 Å². The summed E-state index contributed by atoms with van der Waals surface area (Å²) in [5.74, 6) is 1.69. The summed E-state index contributed by atoms with van der Waals surface area (Å²) < 4.78 is 2.35. The van der Waals surface area contributed by atoms with Crippen molar-refractivity contribution >= 4 is 34.0 Å². The summed E-state index contributed by atoms with van der Waals surface area (Å²) in [7, 11) is 0. The summed E-state index contributed by atoms with van der Waals surface area (Å²) in [6.45, 7) is 5.26. The molecule has 0 aliphatic carbocycles. The Hall–Kier alpha value is -1.32. The first-order chi connectivity index (χ1) is 10.2. The number of nitrogens with zero attached hydrogens (tertiary/aromatic N) is 2. The highest BCUT2D eigenvalue weighted by molar-refractivity contribution is 7.10. The maximum absolute atomic E-state index is 5.97. The Kier molecular flexibility index (Phi) is 4.32. The van der Waals surface area contributed by atoms with Crippen LogP contribution in [0.25, 0.3) is 11.0 Å². The molecule has 0 N–H and O–H groups in total. The lowest BCUT2D eigenvalue weighted by atomic mass is 10.2. The van der Waals surface area contributed by atoms with Crippen LogP contribution in [0.1, 0.15) is 28.8 Å². The van der Waals surface area contributed by atoms with Crippen LogP contribution in [0.15, 0.2) is 29.6 Å². The van der Waals surface area contributed by atoms with Crippen molar-refractivity contribution < 1.29 is 0 Å². The van der Waals surface area contributed by atoms with Gasteiger partial charge in [-0.15, -0.1) is 22.9 Å². The monoisotopic (exact) mass is 318 g/mol. The number of para-hydroxylation sites is 1. The minimum Gasteiger partial charge on any atom is -0.322 e. The van der Waals surface area contributed by atoms with Gasteiger partial charge in [-0.25, -0.2) is 4.98 Å². The molecule has 4 heteroatoms. The number of thiophene rings is 1. The van der Waals surface area contributed by atoms with Gasteiger partial charge in [0.15, 0.2) is 0 Å². The molecule has 3 aromatic rings. The van der Waals surface area contributed by atoms with Crippen molar-refractivity contribution in [3.05, 3.63) is 51.5 Å². The van der Waals surface area contributed by atoms with E-state index < -0.39 is 0 Å². The van der Waals surface area contributed by atoms with Gasteiger partial charge in [0.25, 0.3) is 0 Å². The normalized spacial score (nSPS) is 11.4. The van der Waals surface area contributed by atoms with Crippen LogP contribution in [-0.4, -0.2) is 15.4 Å². The molecule has 0 amide bonds. The number of alkyl halides is 1. The SMILES string of the molecule is CCc1ccsc1Cn1c(CCCl)nc2cccc(C)c21. The van der Waals surface area contributed by atoms with E-state index in [0.29, 0.717) is 5.88 Å². The Morgan fingerprint density at radius 1 is 1.29 bits per heavy atom. The van der Waals surface area contributed by atoms with Crippen LogP contribution in [0.2, 0.25) is 0 Å².